The van der Waals surface area contributed by atoms with Crippen LogP contribution in [0.2, 0.25) is 0 Å². The van der Waals surface area contributed by atoms with E-state index < -0.39 is 5.41 Å². The van der Waals surface area contributed by atoms with Gasteiger partial charge in [-0.15, -0.1) is 11.3 Å². The van der Waals surface area contributed by atoms with Crippen molar-refractivity contribution in [1.29, 1.82) is 0 Å². The first-order chi connectivity index (χ1) is 9.17. The topological polar surface area (TPSA) is 42.4 Å². The van der Waals surface area contributed by atoms with Gasteiger partial charge in [0, 0.05) is 12.0 Å². The second-order valence-corrected chi connectivity index (χ2v) is 5.38. The maximum absolute atomic E-state index is 14.1. The lowest BCUT2D eigenvalue weighted by atomic mass is 9.79. The summed E-state index contributed by atoms with van der Waals surface area (Å²) < 4.78 is 19.6. The van der Waals surface area contributed by atoms with Gasteiger partial charge in [0.15, 0.2) is 0 Å². The summed E-state index contributed by atoms with van der Waals surface area (Å²) in [6.45, 7) is 4.46. The summed E-state index contributed by atoms with van der Waals surface area (Å²) in [7, 11) is 0. The van der Waals surface area contributed by atoms with Gasteiger partial charge in [0.1, 0.15) is 10.8 Å². The molecule has 19 heavy (non-hydrogen) atoms. The largest absolute Gasteiger partial charge is 0.390 e. The van der Waals surface area contributed by atoms with Crippen LogP contribution in [-0.4, -0.2) is 23.3 Å². The molecule has 1 fully saturated rings. The van der Waals surface area contributed by atoms with Gasteiger partial charge < -0.3 is 9.84 Å². The van der Waals surface area contributed by atoms with Crippen molar-refractivity contribution >= 4 is 11.3 Å². The SMILES string of the molecule is C/C=C(\C(F)=C/C)C1(c2nc(CO)cs2)CCOC1. The summed E-state index contributed by atoms with van der Waals surface area (Å²) in [4.78, 5) is 4.42. The zero-order valence-corrected chi connectivity index (χ0v) is 12.0. The molecule has 104 valence electrons. The molecule has 0 aliphatic carbocycles. The molecule has 1 N–H and O–H groups in total. The Morgan fingerprint density at radius 2 is 2.37 bits per heavy atom. The highest BCUT2D eigenvalue weighted by Gasteiger charge is 2.43. The first kappa shape index (κ1) is 14.4. The number of aliphatic hydroxyl groups is 1. The Balaban J connectivity index is 2.48. The number of aliphatic hydroxyl groups excluding tert-OH is 1. The Morgan fingerprint density at radius 1 is 1.58 bits per heavy atom. The van der Waals surface area contributed by atoms with Gasteiger partial charge in [0.25, 0.3) is 0 Å². The van der Waals surface area contributed by atoms with Gasteiger partial charge in [0.2, 0.25) is 0 Å². The Hall–Kier alpha value is -1.04. The molecule has 1 aromatic rings. The minimum atomic E-state index is -0.510. The monoisotopic (exact) mass is 283 g/mol. The van der Waals surface area contributed by atoms with Crippen LogP contribution >= 0.6 is 11.3 Å². The molecular formula is C14H18FNO2S. The lowest BCUT2D eigenvalue weighted by Gasteiger charge is -2.27. The zero-order chi connectivity index (χ0) is 13.9. The summed E-state index contributed by atoms with van der Waals surface area (Å²) >= 11 is 1.46. The summed E-state index contributed by atoms with van der Waals surface area (Å²) in [5.41, 5.74) is 0.748. The van der Waals surface area contributed by atoms with E-state index in [0.717, 1.165) is 5.01 Å². The van der Waals surface area contributed by atoms with E-state index in [1.54, 1.807) is 13.0 Å². The lowest BCUT2D eigenvalue weighted by Crippen LogP contribution is -2.29. The molecule has 1 aliphatic heterocycles. The standard InChI is InChI=1S/C14H18FNO2S/c1-3-11(12(15)4-2)14(5-6-18-9-14)13-16-10(7-17)8-19-13/h3-4,8,17H,5-7,9H2,1-2H3/b11-3+,12-4+. The van der Waals surface area contributed by atoms with Gasteiger partial charge in [-0.2, -0.15) is 0 Å². The minimum absolute atomic E-state index is 0.0926. The van der Waals surface area contributed by atoms with E-state index >= 15 is 0 Å². The Bertz CT molecular complexity index is 501. The molecule has 1 aromatic heterocycles. The molecule has 1 atom stereocenters. The minimum Gasteiger partial charge on any atom is -0.390 e. The van der Waals surface area contributed by atoms with Crippen molar-refractivity contribution in [2.24, 2.45) is 0 Å². The predicted molar refractivity (Wildman–Crippen MR) is 73.8 cm³/mol. The van der Waals surface area contributed by atoms with Crippen molar-refractivity contribution < 1.29 is 14.2 Å². The molecule has 0 radical (unpaired) electrons. The van der Waals surface area contributed by atoms with Crippen LogP contribution in [0.3, 0.4) is 0 Å². The second kappa shape index (κ2) is 5.94. The van der Waals surface area contributed by atoms with Gasteiger partial charge in [-0.25, -0.2) is 9.37 Å². The first-order valence-corrected chi connectivity index (χ1v) is 7.18. The number of thiazole rings is 1. The van der Waals surface area contributed by atoms with Crippen molar-refractivity contribution in [3.63, 3.8) is 0 Å². The normalized spacial score (nSPS) is 25.1. The fourth-order valence-electron chi connectivity index (χ4n) is 2.46. The maximum atomic E-state index is 14.1. The molecule has 5 heteroatoms. The molecule has 2 rings (SSSR count). The highest BCUT2D eigenvalue weighted by Crippen LogP contribution is 2.44. The summed E-state index contributed by atoms with van der Waals surface area (Å²) in [6.07, 6.45) is 3.98. The third-order valence-electron chi connectivity index (χ3n) is 3.46. The van der Waals surface area contributed by atoms with Gasteiger partial charge in [-0.05, 0) is 25.8 Å². The molecule has 3 nitrogen and oxygen atoms in total. The van der Waals surface area contributed by atoms with Crippen molar-refractivity contribution in [3.8, 4) is 0 Å². The van der Waals surface area contributed by atoms with Gasteiger partial charge in [-0.1, -0.05) is 12.2 Å². The van der Waals surface area contributed by atoms with Gasteiger partial charge >= 0.3 is 0 Å². The smallest absolute Gasteiger partial charge is 0.122 e. The predicted octanol–water partition coefficient (Wildman–Crippen LogP) is 3.11. The molecule has 0 aromatic carbocycles. The first-order valence-electron chi connectivity index (χ1n) is 6.30. The fourth-order valence-corrected chi connectivity index (χ4v) is 3.50. The number of hydrogen-bond donors (Lipinski definition) is 1. The zero-order valence-electron chi connectivity index (χ0n) is 11.1. The van der Waals surface area contributed by atoms with E-state index in [1.807, 2.05) is 12.3 Å². The maximum Gasteiger partial charge on any atom is 0.122 e. The molecule has 0 saturated carbocycles. The Kier molecular flexibility index (Phi) is 4.50. The number of allylic oxidation sites excluding steroid dienone is 3. The van der Waals surface area contributed by atoms with Gasteiger partial charge in [0.05, 0.1) is 24.3 Å². The number of rotatable bonds is 4. The number of nitrogens with zero attached hydrogens (tertiary/aromatic N) is 1. The molecule has 1 saturated heterocycles. The summed E-state index contributed by atoms with van der Waals surface area (Å²) in [5, 5.41) is 11.8. The Morgan fingerprint density at radius 3 is 2.84 bits per heavy atom. The van der Waals surface area contributed by atoms with Crippen molar-refractivity contribution in [3.05, 3.63) is 39.6 Å². The van der Waals surface area contributed by atoms with Crippen LogP contribution in [0.15, 0.2) is 28.9 Å². The summed E-state index contributed by atoms with van der Waals surface area (Å²) in [6, 6.07) is 0. The molecule has 0 spiro atoms. The average molecular weight is 283 g/mol. The van der Waals surface area contributed by atoms with E-state index in [1.165, 1.54) is 17.4 Å². The van der Waals surface area contributed by atoms with Crippen LogP contribution in [0.5, 0.6) is 0 Å². The third kappa shape index (κ3) is 2.50. The Labute approximate surface area is 116 Å². The average Bonchev–Trinajstić information content (AvgIpc) is 3.08. The van der Waals surface area contributed by atoms with Crippen molar-refractivity contribution in [2.75, 3.05) is 13.2 Å². The highest BCUT2D eigenvalue weighted by atomic mass is 32.1. The molecule has 0 amide bonds. The second-order valence-electron chi connectivity index (χ2n) is 4.53. The van der Waals surface area contributed by atoms with E-state index in [-0.39, 0.29) is 12.4 Å². The van der Waals surface area contributed by atoms with E-state index in [2.05, 4.69) is 4.98 Å². The van der Waals surface area contributed by atoms with Crippen LogP contribution < -0.4 is 0 Å². The molecule has 2 heterocycles. The van der Waals surface area contributed by atoms with E-state index in [9.17, 15) is 4.39 Å². The molecule has 1 unspecified atom stereocenters. The van der Waals surface area contributed by atoms with Crippen molar-refractivity contribution in [1.82, 2.24) is 4.98 Å². The number of aromatic nitrogens is 1. The number of halogens is 1. The van der Waals surface area contributed by atoms with Crippen LogP contribution in [0.25, 0.3) is 0 Å². The summed E-state index contributed by atoms with van der Waals surface area (Å²) in [5.74, 6) is -0.228. The van der Waals surface area contributed by atoms with E-state index in [4.69, 9.17) is 9.84 Å². The molecule has 1 aliphatic rings. The lowest BCUT2D eigenvalue weighted by molar-refractivity contribution is 0.183. The fraction of sp³-hybridized carbons (Fsp3) is 0.500. The number of ether oxygens (including phenoxy) is 1. The number of hydrogen-bond acceptors (Lipinski definition) is 4. The molecular weight excluding hydrogens is 265 g/mol. The van der Waals surface area contributed by atoms with Crippen molar-refractivity contribution in [2.45, 2.75) is 32.3 Å². The van der Waals surface area contributed by atoms with Crippen LogP contribution in [0, 0.1) is 0 Å². The quantitative estimate of drug-likeness (QED) is 0.863. The van der Waals surface area contributed by atoms with Crippen LogP contribution in [0.1, 0.15) is 31.0 Å². The molecule has 0 bridgehead atoms. The van der Waals surface area contributed by atoms with Crippen LogP contribution in [0.4, 0.5) is 4.39 Å². The third-order valence-corrected chi connectivity index (χ3v) is 4.55. The van der Waals surface area contributed by atoms with Gasteiger partial charge in [-0.3, -0.25) is 0 Å². The van der Waals surface area contributed by atoms with Crippen LogP contribution in [-0.2, 0) is 16.8 Å². The highest BCUT2D eigenvalue weighted by molar-refractivity contribution is 7.09. The van der Waals surface area contributed by atoms with E-state index in [0.29, 0.717) is 30.9 Å².